The Bertz CT molecular complexity index is 1260. The standard InChI is InChI=1S/C27H24N2O5/c30-23(28-15-13-18-6-1-2-7-20(18)16-28)17-34-24(31)12-5-14-29-26(32)21-10-3-8-19-9-4-11-22(25(19)21)27(29)33/h1-4,6-11H,5,12-17H2. The average molecular weight is 456 g/mol. The maximum atomic E-state index is 12.9. The van der Waals surface area contributed by atoms with Crippen LogP contribution in [0, 0.1) is 0 Å². The van der Waals surface area contributed by atoms with E-state index in [9.17, 15) is 19.2 Å². The van der Waals surface area contributed by atoms with Crippen LogP contribution in [0.4, 0.5) is 0 Å². The molecule has 5 rings (SSSR count). The molecule has 0 fully saturated rings. The van der Waals surface area contributed by atoms with Gasteiger partial charge in [-0.05, 0) is 41.5 Å². The molecule has 3 aromatic rings. The van der Waals surface area contributed by atoms with E-state index in [4.69, 9.17) is 4.74 Å². The SMILES string of the molecule is O=C(CCCN1C(=O)c2cccc3cccc(c23)C1=O)OCC(=O)N1CCc2ccccc2C1. The van der Waals surface area contributed by atoms with Gasteiger partial charge in [-0.15, -0.1) is 0 Å². The first-order valence-electron chi connectivity index (χ1n) is 11.4. The Hall–Kier alpha value is -4.00. The second kappa shape index (κ2) is 9.09. The molecule has 172 valence electrons. The lowest BCUT2D eigenvalue weighted by Crippen LogP contribution is -2.41. The molecule has 0 atom stereocenters. The smallest absolute Gasteiger partial charge is 0.306 e. The van der Waals surface area contributed by atoms with Gasteiger partial charge in [0.2, 0.25) is 0 Å². The van der Waals surface area contributed by atoms with Crippen LogP contribution in [0.3, 0.4) is 0 Å². The van der Waals surface area contributed by atoms with E-state index in [1.54, 1.807) is 29.2 Å². The molecule has 0 aromatic heterocycles. The van der Waals surface area contributed by atoms with E-state index in [1.165, 1.54) is 10.5 Å². The average Bonchev–Trinajstić information content (AvgIpc) is 2.87. The van der Waals surface area contributed by atoms with Gasteiger partial charge in [0.15, 0.2) is 6.61 Å². The molecule has 0 saturated heterocycles. The van der Waals surface area contributed by atoms with Crippen LogP contribution in [0.5, 0.6) is 0 Å². The molecular formula is C27H24N2O5. The van der Waals surface area contributed by atoms with Gasteiger partial charge in [0.05, 0.1) is 0 Å². The van der Waals surface area contributed by atoms with Gasteiger partial charge in [-0.1, -0.05) is 48.5 Å². The Balaban J connectivity index is 1.12. The number of carbonyl (C=O) groups excluding carboxylic acids is 4. The highest BCUT2D eigenvalue weighted by molar-refractivity contribution is 6.25. The molecule has 7 heteroatoms. The van der Waals surface area contributed by atoms with Crippen molar-refractivity contribution in [2.24, 2.45) is 0 Å². The van der Waals surface area contributed by atoms with E-state index in [0.717, 1.165) is 17.4 Å². The number of hydrogen-bond donors (Lipinski definition) is 0. The van der Waals surface area contributed by atoms with E-state index < -0.39 is 5.97 Å². The van der Waals surface area contributed by atoms with Gasteiger partial charge in [-0.25, -0.2) is 0 Å². The number of imide groups is 1. The summed E-state index contributed by atoms with van der Waals surface area (Å²) in [4.78, 5) is 53.4. The predicted molar refractivity (Wildman–Crippen MR) is 125 cm³/mol. The van der Waals surface area contributed by atoms with Crippen LogP contribution in [0.1, 0.15) is 44.7 Å². The fourth-order valence-corrected chi connectivity index (χ4v) is 4.68. The van der Waals surface area contributed by atoms with Crippen LogP contribution in [0.2, 0.25) is 0 Å². The van der Waals surface area contributed by atoms with Crippen LogP contribution in [-0.4, -0.2) is 53.2 Å². The molecule has 34 heavy (non-hydrogen) atoms. The number of rotatable bonds is 6. The summed E-state index contributed by atoms with van der Waals surface area (Å²) < 4.78 is 5.17. The Morgan fingerprint density at radius 2 is 1.53 bits per heavy atom. The number of carbonyl (C=O) groups is 4. The third kappa shape index (κ3) is 4.05. The van der Waals surface area contributed by atoms with Gasteiger partial charge in [0.1, 0.15) is 0 Å². The van der Waals surface area contributed by atoms with Gasteiger partial charge in [-0.2, -0.15) is 0 Å². The molecule has 0 saturated carbocycles. The topological polar surface area (TPSA) is 84.0 Å². The Kier molecular flexibility index (Phi) is 5.84. The quantitative estimate of drug-likeness (QED) is 0.420. The zero-order chi connectivity index (χ0) is 23.7. The van der Waals surface area contributed by atoms with Crippen LogP contribution in [-0.2, 0) is 27.3 Å². The largest absolute Gasteiger partial charge is 0.456 e. The van der Waals surface area contributed by atoms with Crippen LogP contribution in [0.25, 0.3) is 10.8 Å². The van der Waals surface area contributed by atoms with Gasteiger partial charge >= 0.3 is 5.97 Å². The zero-order valence-corrected chi connectivity index (χ0v) is 18.7. The molecule has 3 amide bonds. The van der Waals surface area contributed by atoms with E-state index in [0.29, 0.717) is 29.6 Å². The van der Waals surface area contributed by atoms with Crippen molar-refractivity contribution in [3.05, 3.63) is 82.9 Å². The van der Waals surface area contributed by atoms with Crippen molar-refractivity contribution in [3.8, 4) is 0 Å². The summed E-state index contributed by atoms with van der Waals surface area (Å²) in [5.74, 6) is -1.47. The third-order valence-electron chi connectivity index (χ3n) is 6.46. The van der Waals surface area contributed by atoms with E-state index in [-0.39, 0.29) is 43.7 Å². The first kappa shape index (κ1) is 21.8. The lowest BCUT2D eigenvalue weighted by Gasteiger charge is -2.28. The highest BCUT2D eigenvalue weighted by Crippen LogP contribution is 2.30. The van der Waals surface area contributed by atoms with Gasteiger partial charge in [-0.3, -0.25) is 24.1 Å². The first-order chi connectivity index (χ1) is 16.5. The summed E-state index contributed by atoms with van der Waals surface area (Å²) in [6, 6.07) is 18.8. The summed E-state index contributed by atoms with van der Waals surface area (Å²) >= 11 is 0. The Morgan fingerprint density at radius 3 is 2.24 bits per heavy atom. The lowest BCUT2D eigenvalue weighted by atomic mass is 9.94. The van der Waals surface area contributed by atoms with E-state index in [2.05, 4.69) is 6.07 Å². The highest BCUT2D eigenvalue weighted by atomic mass is 16.5. The monoisotopic (exact) mass is 456 g/mol. The third-order valence-corrected chi connectivity index (χ3v) is 6.46. The molecular weight excluding hydrogens is 432 g/mol. The Morgan fingerprint density at radius 1 is 0.853 bits per heavy atom. The van der Waals surface area contributed by atoms with E-state index >= 15 is 0 Å². The molecule has 0 unspecified atom stereocenters. The van der Waals surface area contributed by atoms with Crippen LogP contribution < -0.4 is 0 Å². The zero-order valence-electron chi connectivity index (χ0n) is 18.7. The van der Waals surface area contributed by atoms with Gasteiger partial charge in [0, 0.05) is 42.6 Å². The molecule has 0 spiro atoms. The summed E-state index contributed by atoms with van der Waals surface area (Å²) in [6.45, 7) is 0.910. The van der Waals surface area contributed by atoms with Crippen molar-refractivity contribution < 1.29 is 23.9 Å². The predicted octanol–water partition coefficient (Wildman–Crippen LogP) is 3.34. The van der Waals surface area contributed by atoms with Crippen molar-refractivity contribution in [3.63, 3.8) is 0 Å². The summed E-state index contributed by atoms with van der Waals surface area (Å²) in [7, 11) is 0. The summed E-state index contributed by atoms with van der Waals surface area (Å²) in [6.07, 6.45) is 1.06. The number of nitrogens with zero attached hydrogens (tertiary/aromatic N) is 2. The van der Waals surface area contributed by atoms with Crippen molar-refractivity contribution in [1.29, 1.82) is 0 Å². The second-order valence-electron chi connectivity index (χ2n) is 8.57. The maximum absolute atomic E-state index is 12.9. The number of ether oxygens (including phenoxy) is 1. The molecule has 0 N–H and O–H groups in total. The number of benzene rings is 3. The molecule has 2 aliphatic heterocycles. The number of fused-ring (bicyclic) bond motifs is 1. The molecule has 7 nitrogen and oxygen atoms in total. The Labute approximate surface area is 196 Å². The number of hydrogen-bond acceptors (Lipinski definition) is 5. The van der Waals surface area contributed by atoms with Crippen molar-refractivity contribution in [2.45, 2.75) is 25.8 Å². The fourth-order valence-electron chi connectivity index (χ4n) is 4.68. The molecule has 0 aliphatic carbocycles. The molecule has 0 radical (unpaired) electrons. The molecule has 2 aliphatic rings. The normalized spacial score (nSPS) is 14.8. The van der Waals surface area contributed by atoms with Crippen molar-refractivity contribution in [1.82, 2.24) is 9.80 Å². The van der Waals surface area contributed by atoms with Crippen molar-refractivity contribution >= 4 is 34.5 Å². The van der Waals surface area contributed by atoms with Crippen molar-refractivity contribution in [2.75, 3.05) is 19.7 Å². The van der Waals surface area contributed by atoms with Gasteiger partial charge < -0.3 is 9.64 Å². The number of amides is 3. The minimum Gasteiger partial charge on any atom is -0.456 e. The summed E-state index contributed by atoms with van der Waals surface area (Å²) in [5.41, 5.74) is 3.33. The summed E-state index contributed by atoms with van der Waals surface area (Å²) in [5, 5.41) is 1.52. The minimum atomic E-state index is -0.523. The van der Waals surface area contributed by atoms with Gasteiger partial charge in [0.25, 0.3) is 17.7 Å². The molecule has 3 aromatic carbocycles. The minimum absolute atomic E-state index is 0.0129. The lowest BCUT2D eigenvalue weighted by molar-refractivity contribution is -0.152. The second-order valence-corrected chi connectivity index (χ2v) is 8.57. The molecule has 2 heterocycles. The highest BCUT2D eigenvalue weighted by Gasteiger charge is 2.32. The maximum Gasteiger partial charge on any atom is 0.306 e. The number of esters is 1. The van der Waals surface area contributed by atoms with Crippen LogP contribution >= 0.6 is 0 Å². The molecule has 0 bridgehead atoms. The fraction of sp³-hybridized carbons (Fsp3) is 0.259. The first-order valence-corrected chi connectivity index (χ1v) is 11.4. The van der Waals surface area contributed by atoms with Crippen LogP contribution in [0.15, 0.2) is 60.7 Å². The van der Waals surface area contributed by atoms with E-state index in [1.807, 2.05) is 30.3 Å².